The van der Waals surface area contributed by atoms with E-state index in [1.807, 2.05) is 28.7 Å². The molecule has 0 saturated carbocycles. The quantitative estimate of drug-likeness (QED) is 0.637. The van der Waals surface area contributed by atoms with Crippen molar-refractivity contribution in [1.82, 2.24) is 5.32 Å². The third-order valence-electron chi connectivity index (χ3n) is 2.21. The van der Waals surface area contributed by atoms with Gasteiger partial charge in [-0.15, -0.1) is 0 Å². The molecule has 1 aromatic rings. The highest BCUT2D eigenvalue weighted by Crippen LogP contribution is 2.19. The summed E-state index contributed by atoms with van der Waals surface area (Å²) in [6, 6.07) is 3.81. The Kier molecular flexibility index (Phi) is 5.54. The molecule has 3 N–H and O–H groups in total. The number of carbonyl (C=O) groups excluding carboxylic acids is 1. The Morgan fingerprint density at radius 1 is 1.44 bits per heavy atom. The average molecular weight is 428 g/mol. The number of amides is 1. The van der Waals surface area contributed by atoms with Crippen LogP contribution in [0.15, 0.2) is 22.7 Å². The smallest absolute Gasteiger partial charge is 0.328 e. The molecule has 1 amide bonds. The number of carboxylic acid groups (broad SMARTS) is 1. The van der Waals surface area contributed by atoms with E-state index in [1.54, 1.807) is 12.1 Å². The fourth-order valence-electron chi connectivity index (χ4n) is 1.28. The number of nitrogens with one attached hydrogen (secondary N) is 1. The van der Waals surface area contributed by atoms with Crippen molar-refractivity contribution in [3.8, 4) is 0 Å². The molecule has 0 radical (unpaired) electrons. The number of carbonyl (C=O) groups is 2. The summed E-state index contributed by atoms with van der Waals surface area (Å²) >= 11 is 5.27. The van der Waals surface area contributed by atoms with Crippen LogP contribution < -0.4 is 5.32 Å². The lowest BCUT2D eigenvalue weighted by atomic mass is 10.1. The molecule has 0 spiro atoms. The second-order valence-electron chi connectivity index (χ2n) is 3.65. The summed E-state index contributed by atoms with van der Waals surface area (Å²) in [5.41, 5.74) is 0.328. The minimum atomic E-state index is -1.33. The maximum absolute atomic E-state index is 11.9. The van der Waals surface area contributed by atoms with Crippen molar-refractivity contribution in [1.29, 1.82) is 0 Å². The summed E-state index contributed by atoms with van der Waals surface area (Å²) < 4.78 is 1.42. The maximum atomic E-state index is 11.9. The fraction of sp³-hybridized carbons (Fsp3) is 0.273. The third kappa shape index (κ3) is 3.92. The van der Waals surface area contributed by atoms with E-state index in [-0.39, 0.29) is 0 Å². The highest BCUT2D eigenvalue weighted by atomic mass is 127. The van der Waals surface area contributed by atoms with Crippen LogP contribution in [0.3, 0.4) is 0 Å². The van der Waals surface area contributed by atoms with E-state index in [4.69, 9.17) is 5.11 Å². The van der Waals surface area contributed by atoms with Crippen molar-refractivity contribution in [3.05, 3.63) is 31.8 Å². The van der Waals surface area contributed by atoms with E-state index in [0.717, 1.165) is 3.57 Å². The largest absolute Gasteiger partial charge is 0.480 e. The van der Waals surface area contributed by atoms with Crippen molar-refractivity contribution < 1.29 is 19.8 Å². The minimum Gasteiger partial charge on any atom is -0.480 e. The first-order valence-electron chi connectivity index (χ1n) is 4.99. The van der Waals surface area contributed by atoms with Gasteiger partial charge in [-0.2, -0.15) is 0 Å². The van der Waals surface area contributed by atoms with E-state index >= 15 is 0 Å². The Bertz CT molecular complexity index is 478. The van der Waals surface area contributed by atoms with Gasteiger partial charge in [0.25, 0.3) is 5.91 Å². The molecule has 0 saturated heterocycles. The lowest BCUT2D eigenvalue weighted by Gasteiger charge is -2.17. The first-order chi connectivity index (χ1) is 8.32. The van der Waals surface area contributed by atoms with Gasteiger partial charge in [-0.05, 0) is 63.6 Å². The molecule has 5 nitrogen and oxygen atoms in total. The molecule has 1 rings (SSSR count). The van der Waals surface area contributed by atoms with E-state index in [9.17, 15) is 14.7 Å². The number of aliphatic hydroxyl groups excluding tert-OH is 1. The number of hydrogen-bond donors (Lipinski definition) is 3. The Hall–Kier alpha value is -0.670. The van der Waals surface area contributed by atoms with E-state index in [0.29, 0.717) is 10.0 Å². The molecule has 18 heavy (non-hydrogen) atoms. The molecule has 0 bridgehead atoms. The van der Waals surface area contributed by atoms with E-state index in [2.05, 4.69) is 21.2 Å². The number of aliphatic carboxylic acids is 1. The predicted octanol–water partition coefficient (Wildman–Crippen LogP) is 1.62. The molecule has 0 heterocycles. The van der Waals surface area contributed by atoms with Gasteiger partial charge in [0.15, 0.2) is 6.04 Å². The van der Waals surface area contributed by atoms with Crippen molar-refractivity contribution in [3.63, 3.8) is 0 Å². The fourth-order valence-corrected chi connectivity index (χ4v) is 2.20. The SMILES string of the molecule is C[C@@H](O)[C@H](NC(=O)c1cc(I)ccc1Br)C(=O)O. The van der Waals surface area contributed by atoms with Crippen molar-refractivity contribution in [2.45, 2.75) is 19.1 Å². The van der Waals surface area contributed by atoms with Crippen LogP contribution in [0, 0.1) is 3.57 Å². The van der Waals surface area contributed by atoms with Gasteiger partial charge in [-0.1, -0.05) is 0 Å². The second kappa shape index (κ2) is 6.48. The van der Waals surface area contributed by atoms with Crippen LogP contribution in [0.25, 0.3) is 0 Å². The second-order valence-corrected chi connectivity index (χ2v) is 5.75. The number of hydrogen-bond acceptors (Lipinski definition) is 3. The lowest BCUT2D eigenvalue weighted by molar-refractivity contribution is -0.141. The summed E-state index contributed by atoms with van der Waals surface area (Å²) in [7, 11) is 0. The molecular weight excluding hydrogens is 417 g/mol. The van der Waals surface area contributed by atoms with E-state index in [1.165, 1.54) is 6.92 Å². The number of halogens is 2. The number of carboxylic acids is 1. The van der Waals surface area contributed by atoms with Crippen LogP contribution in [-0.2, 0) is 4.79 Å². The molecule has 0 aliphatic carbocycles. The van der Waals surface area contributed by atoms with Gasteiger partial charge in [0.2, 0.25) is 0 Å². The van der Waals surface area contributed by atoms with Crippen LogP contribution in [0.5, 0.6) is 0 Å². The number of aliphatic hydroxyl groups is 1. The number of benzene rings is 1. The number of rotatable bonds is 4. The summed E-state index contributed by atoms with van der Waals surface area (Å²) in [4.78, 5) is 22.8. The van der Waals surface area contributed by atoms with Crippen molar-refractivity contribution in [2.24, 2.45) is 0 Å². The Morgan fingerprint density at radius 2 is 2.06 bits per heavy atom. The molecular formula is C11H11BrINO4. The highest BCUT2D eigenvalue weighted by molar-refractivity contribution is 14.1. The summed E-state index contributed by atoms with van der Waals surface area (Å²) in [5.74, 6) is -1.83. The average Bonchev–Trinajstić information content (AvgIpc) is 2.28. The van der Waals surface area contributed by atoms with Crippen LogP contribution in [-0.4, -0.2) is 34.2 Å². The summed E-state index contributed by atoms with van der Waals surface area (Å²) in [6.07, 6.45) is -1.17. The topological polar surface area (TPSA) is 86.6 Å². The van der Waals surface area contributed by atoms with E-state index < -0.39 is 24.0 Å². The van der Waals surface area contributed by atoms with Crippen LogP contribution in [0.1, 0.15) is 17.3 Å². The minimum absolute atomic E-state index is 0.328. The Balaban J connectivity index is 2.94. The van der Waals surface area contributed by atoms with Crippen LogP contribution >= 0.6 is 38.5 Å². The zero-order valence-corrected chi connectivity index (χ0v) is 13.1. The summed E-state index contributed by atoms with van der Waals surface area (Å²) in [5, 5.41) is 20.4. The zero-order valence-electron chi connectivity index (χ0n) is 9.35. The molecule has 0 aromatic heterocycles. The van der Waals surface area contributed by atoms with Gasteiger partial charge in [-0.25, -0.2) is 4.79 Å². The highest BCUT2D eigenvalue weighted by Gasteiger charge is 2.26. The molecule has 2 atom stereocenters. The lowest BCUT2D eigenvalue weighted by Crippen LogP contribution is -2.47. The van der Waals surface area contributed by atoms with Gasteiger partial charge in [0.1, 0.15) is 0 Å². The molecule has 7 heteroatoms. The van der Waals surface area contributed by atoms with Crippen molar-refractivity contribution in [2.75, 3.05) is 0 Å². The predicted molar refractivity (Wildman–Crippen MR) is 77.4 cm³/mol. The van der Waals surface area contributed by atoms with Gasteiger partial charge in [0.05, 0.1) is 11.7 Å². The van der Waals surface area contributed by atoms with Crippen molar-refractivity contribution >= 4 is 50.4 Å². The molecule has 0 aliphatic rings. The zero-order chi connectivity index (χ0) is 13.9. The molecule has 0 aliphatic heterocycles. The van der Waals surface area contributed by atoms with Crippen LogP contribution in [0.2, 0.25) is 0 Å². The van der Waals surface area contributed by atoms with Crippen LogP contribution in [0.4, 0.5) is 0 Å². The Labute approximate surface area is 126 Å². The normalized spacial score (nSPS) is 13.8. The first kappa shape index (κ1) is 15.4. The molecule has 98 valence electrons. The molecule has 0 unspecified atom stereocenters. The van der Waals surface area contributed by atoms with Gasteiger partial charge in [0, 0.05) is 8.04 Å². The van der Waals surface area contributed by atoms with Gasteiger partial charge < -0.3 is 15.5 Å². The van der Waals surface area contributed by atoms with Gasteiger partial charge in [-0.3, -0.25) is 4.79 Å². The Morgan fingerprint density at radius 3 is 2.56 bits per heavy atom. The monoisotopic (exact) mass is 427 g/mol. The third-order valence-corrected chi connectivity index (χ3v) is 3.57. The first-order valence-corrected chi connectivity index (χ1v) is 6.87. The summed E-state index contributed by atoms with van der Waals surface area (Å²) in [6.45, 7) is 1.31. The van der Waals surface area contributed by atoms with Gasteiger partial charge >= 0.3 is 5.97 Å². The standard InChI is InChI=1S/C11H11BrINO4/c1-5(15)9(11(17)18)14-10(16)7-4-6(13)2-3-8(7)12/h2-5,9,15H,1H3,(H,14,16)(H,17,18)/t5-,9+/m1/s1. The molecule has 0 fully saturated rings. The maximum Gasteiger partial charge on any atom is 0.328 e. The molecule has 1 aromatic carbocycles.